The van der Waals surface area contributed by atoms with Crippen LogP contribution in [0.5, 0.6) is 0 Å². The Bertz CT molecular complexity index is 521. The number of ether oxygens (including phenoxy) is 1. The van der Waals surface area contributed by atoms with Crippen LogP contribution in [0, 0.1) is 5.82 Å². The number of benzene rings is 1. The molecule has 148 valence electrons. The predicted molar refractivity (Wildman–Crippen MR) is 106 cm³/mol. The Balaban J connectivity index is 2.42. The van der Waals surface area contributed by atoms with Gasteiger partial charge in [0.15, 0.2) is 5.96 Å². The van der Waals surface area contributed by atoms with E-state index < -0.39 is 0 Å². The third-order valence-electron chi connectivity index (χ3n) is 4.24. The fourth-order valence-electron chi connectivity index (χ4n) is 2.65. The van der Waals surface area contributed by atoms with E-state index in [1.54, 1.807) is 14.2 Å². The van der Waals surface area contributed by atoms with E-state index in [1.165, 1.54) is 12.1 Å². The van der Waals surface area contributed by atoms with E-state index in [0.717, 1.165) is 44.2 Å². The van der Waals surface area contributed by atoms with E-state index in [4.69, 9.17) is 4.74 Å². The zero-order valence-electron chi connectivity index (χ0n) is 16.8. The quantitative estimate of drug-likeness (QED) is 0.353. The molecule has 0 aliphatic carbocycles. The number of rotatable bonds is 11. The summed E-state index contributed by atoms with van der Waals surface area (Å²) < 4.78 is 18.2. The fourth-order valence-corrected chi connectivity index (χ4v) is 2.65. The molecule has 0 aliphatic rings. The van der Waals surface area contributed by atoms with Crippen LogP contribution in [0.1, 0.15) is 18.0 Å². The summed E-state index contributed by atoms with van der Waals surface area (Å²) >= 11 is 0. The van der Waals surface area contributed by atoms with Gasteiger partial charge in [-0.15, -0.1) is 0 Å². The summed E-state index contributed by atoms with van der Waals surface area (Å²) in [6.45, 7) is 4.22. The minimum Gasteiger partial charge on any atom is -0.385 e. The Hall–Kier alpha value is -1.70. The second-order valence-corrected chi connectivity index (χ2v) is 6.56. The summed E-state index contributed by atoms with van der Waals surface area (Å²) in [5, 5.41) is 6.69. The van der Waals surface area contributed by atoms with Crippen LogP contribution in [0.15, 0.2) is 29.3 Å². The third-order valence-corrected chi connectivity index (χ3v) is 4.24. The Kier molecular flexibility index (Phi) is 10.8. The Morgan fingerprint density at radius 2 is 1.85 bits per heavy atom. The predicted octanol–water partition coefficient (Wildman–Crippen LogP) is 1.56. The van der Waals surface area contributed by atoms with Gasteiger partial charge in [-0.2, -0.15) is 0 Å². The standard InChI is InChI=1S/C19H34FN5O/c1-21-19(22-11-13-25(4)12-6-14-26-5)23-15-18(24(2)3)16-7-9-17(20)10-8-16/h7-10,18H,6,11-15H2,1-5H3,(H2,21,22,23). The maximum absolute atomic E-state index is 13.2. The summed E-state index contributed by atoms with van der Waals surface area (Å²) in [6, 6.07) is 6.78. The lowest BCUT2D eigenvalue weighted by Gasteiger charge is -2.26. The van der Waals surface area contributed by atoms with E-state index in [-0.39, 0.29) is 11.9 Å². The number of guanidine groups is 1. The van der Waals surface area contributed by atoms with Crippen molar-refractivity contribution in [2.45, 2.75) is 12.5 Å². The van der Waals surface area contributed by atoms with Gasteiger partial charge in [0.2, 0.25) is 0 Å². The van der Waals surface area contributed by atoms with Crippen LogP contribution in [0.25, 0.3) is 0 Å². The van der Waals surface area contributed by atoms with Crippen molar-refractivity contribution in [3.05, 3.63) is 35.6 Å². The Morgan fingerprint density at radius 1 is 1.15 bits per heavy atom. The molecule has 0 heterocycles. The second kappa shape index (κ2) is 12.6. The largest absolute Gasteiger partial charge is 0.385 e. The van der Waals surface area contributed by atoms with E-state index in [9.17, 15) is 4.39 Å². The number of hydrogen-bond donors (Lipinski definition) is 2. The van der Waals surface area contributed by atoms with Crippen LogP contribution >= 0.6 is 0 Å². The van der Waals surface area contributed by atoms with Gasteiger partial charge in [-0.25, -0.2) is 4.39 Å². The Labute approximate surface area is 157 Å². The first-order valence-corrected chi connectivity index (χ1v) is 9.01. The van der Waals surface area contributed by atoms with Crippen molar-refractivity contribution >= 4 is 5.96 Å². The van der Waals surface area contributed by atoms with Gasteiger partial charge in [-0.05, 0) is 45.3 Å². The molecule has 1 unspecified atom stereocenters. The van der Waals surface area contributed by atoms with Crippen LogP contribution in [-0.2, 0) is 4.74 Å². The van der Waals surface area contributed by atoms with Crippen molar-refractivity contribution in [3.8, 4) is 0 Å². The minimum absolute atomic E-state index is 0.130. The molecule has 0 fully saturated rings. The number of halogens is 1. The van der Waals surface area contributed by atoms with Crippen molar-refractivity contribution in [3.63, 3.8) is 0 Å². The number of nitrogens with one attached hydrogen (secondary N) is 2. The monoisotopic (exact) mass is 367 g/mol. The van der Waals surface area contributed by atoms with Crippen LogP contribution in [0.2, 0.25) is 0 Å². The van der Waals surface area contributed by atoms with Crippen molar-refractivity contribution in [2.75, 3.05) is 68.1 Å². The SMILES string of the molecule is CN=C(NCCN(C)CCCOC)NCC(c1ccc(F)cc1)N(C)C. The number of nitrogens with zero attached hydrogens (tertiary/aromatic N) is 3. The first-order chi connectivity index (χ1) is 12.5. The maximum atomic E-state index is 13.2. The molecule has 0 amide bonds. The summed E-state index contributed by atoms with van der Waals surface area (Å²) in [5.41, 5.74) is 1.07. The van der Waals surface area contributed by atoms with E-state index in [0.29, 0.717) is 6.54 Å². The lowest BCUT2D eigenvalue weighted by molar-refractivity contribution is 0.180. The first-order valence-electron chi connectivity index (χ1n) is 9.01. The average Bonchev–Trinajstić information content (AvgIpc) is 2.61. The van der Waals surface area contributed by atoms with E-state index >= 15 is 0 Å². The van der Waals surface area contributed by atoms with Crippen molar-refractivity contribution in [1.82, 2.24) is 20.4 Å². The molecule has 0 bridgehead atoms. The Morgan fingerprint density at radius 3 is 2.42 bits per heavy atom. The molecule has 0 aliphatic heterocycles. The smallest absolute Gasteiger partial charge is 0.191 e. The van der Waals surface area contributed by atoms with Crippen LogP contribution in [0.4, 0.5) is 4.39 Å². The molecule has 1 aromatic carbocycles. The second-order valence-electron chi connectivity index (χ2n) is 6.56. The lowest BCUT2D eigenvalue weighted by Crippen LogP contribution is -2.44. The molecule has 1 atom stereocenters. The van der Waals surface area contributed by atoms with Gasteiger partial charge < -0.3 is 25.2 Å². The highest BCUT2D eigenvalue weighted by atomic mass is 19.1. The third kappa shape index (κ3) is 8.60. The fraction of sp³-hybridized carbons (Fsp3) is 0.632. The summed E-state index contributed by atoms with van der Waals surface area (Å²) in [6.07, 6.45) is 1.03. The molecule has 0 saturated heterocycles. The van der Waals surface area contributed by atoms with Crippen molar-refractivity contribution in [1.29, 1.82) is 0 Å². The molecule has 1 aromatic rings. The zero-order chi connectivity index (χ0) is 19.4. The van der Waals surface area contributed by atoms with E-state index in [1.807, 2.05) is 26.2 Å². The highest BCUT2D eigenvalue weighted by Gasteiger charge is 2.14. The molecule has 7 heteroatoms. The van der Waals surface area contributed by atoms with E-state index in [2.05, 4.69) is 32.5 Å². The molecule has 0 saturated carbocycles. The van der Waals surface area contributed by atoms with Gasteiger partial charge in [-0.3, -0.25) is 4.99 Å². The maximum Gasteiger partial charge on any atom is 0.191 e. The zero-order valence-corrected chi connectivity index (χ0v) is 16.8. The number of hydrogen-bond acceptors (Lipinski definition) is 4. The molecule has 0 radical (unpaired) electrons. The van der Waals surface area contributed by atoms with Crippen molar-refractivity contribution in [2.24, 2.45) is 4.99 Å². The van der Waals surface area contributed by atoms with Gasteiger partial charge in [-0.1, -0.05) is 12.1 Å². The van der Waals surface area contributed by atoms with Gasteiger partial charge in [0.1, 0.15) is 5.82 Å². The highest BCUT2D eigenvalue weighted by Crippen LogP contribution is 2.17. The molecule has 26 heavy (non-hydrogen) atoms. The molecule has 2 N–H and O–H groups in total. The minimum atomic E-state index is -0.216. The van der Waals surface area contributed by atoms with Crippen LogP contribution in [-0.4, -0.2) is 83.8 Å². The molecular weight excluding hydrogens is 333 g/mol. The summed E-state index contributed by atoms with van der Waals surface area (Å²) in [7, 11) is 9.62. The molecule has 6 nitrogen and oxygen atoms in total. The normalized spacial score (nSPS) is 13.3. The molecule has 0 aromatic heterocycles. The lowest BCUT2D eigenvalue weighted by atomic mass is 10.1. The van der Waals surface area contributed by atoms with Crippen LogP contribution < -0.4 is 10.6 Å². The topological polar surface area (TPSA) is 52.1 Å². The highest BCUT2D eigenvalue weighted by molar-refractivity contribution is 5.79. The number of aliphatic imine (C=N–C) groups is 1. The van der Waals surface area contributed by atoms with Gasteiger partial charge >= 0.3 is 0 Å². The average molecular weight is 368 g/mol. The molecular formula is C19H34FN5O. The van der Waals surface area contributed by atoms with Crippen molar-refractivity contribution < 1.29 is 9.13 Å². The van der Waals surface area contributed by atoms with Gasteiger partial charge in [0.05, 0.1) is 6.04 Å². The molecule has 1 rings (SSSR count). The summed E-state index contributed by atoms with van der Waals surface area (Å²) in [4.78, 5) is 8.65. The van der Waals surface area contributed by atoms with Crippen LogP contribution in [0.3, 0.4) is 0 Å². The first kappa shape index (κ1) is 22.3. The number of methoxy groups -OCH3 is 1. The van der Waals surface area contributed by atoms with Gasteiger partial charge in [0, 0.05) is 46.9 Å². The molecule has 0 spiro atoms. The van der Waals surface area contributed by atoms with Gasteiger partial charge in [0.25, 0.3) is 0 Å². The summed E-state index contributed by atoms with van der Waals surface area (Å²) in [5.74, 6) is 0.551. The number of likely N-dealkylation sites (N-methyl/N-ethyl adjacent to an activating group) is 2.